The molecule has 0 aliphatic rings. The molecule has 106 valence electrons. The molecule has 0 saturated carbocycles. The van der Waals surface area contributed by atoms with Gasteiger partial charge in [0.15, 0.2) is 8.68 Å². The van der Waals surface area contributed by atoms with Gasteiger partial charge in [-0.15, -0.1) is 10.2 Å². The summed E-state index contributed by atoms with van der Waals surface area (Å²) in [5.41, 5.74) is 6.41. The van der Waals surface area contributed by atoms with Gasteiger partial charge < -0.3 is 5.73 Å². The van der Waals surface area contributed by atoms with Crippen molar-refractivity contribution >= 4 is 40.8 Å². The molecule has 0 bridgehead atoms. The van der Waals surface area contributed by atoms with Gasteiger partial charge in [0.05, 0.1) is 5.75 Å². The van der Waals surface area contributed by atoms with Crippen molar-refractivity contribution in [3.63, 3.8) is 0 Å². The van der Waals surface area contributed by atoms with Crippen LogP contribution in [0.5, 0.6) is 0 Å². The van der Waals surface area contributed by atoms with Gasteiger partial charge in [-0.3, -0.25) is 4.79 Å². The fraction of sp³-hybridized carbons (Fsp3) is 0.308. The third-order valence-corrected chi connectivity index (χ3v) is 6.10. The number of amides is 1. The zero-order valence-electron chi connectivity index (χ0n) is 11.0. The maximum Gasteiger partial charge on any atom is 0.227 e. The molecular weight excluding hydrogens is 310 g/mol. The number of nitrogens with two attached hydrogens (primary N) is 1. The zero-order valence-corrected chi connectivity index (χ0v) is 13.4. The van der Waals surface area contributed by atoms with Crippen LogP contribution >= 0.6 is 34.9 Å². The van der Waals surface area contributed by atoms with Crippen LogP contribution < -0.4 is 5.73 Å². The molecule has 1 aromatic carbocycles. The number of hydrogen-bond donors (Lipinski definition) is 1. The highest BCUT2D eigenvalue weighted by Gasteiger charge is 2.14. The van der Waals surface area contributed by atoms with Crippen LogP contribution in [0, 0.1) is 0 Å². The molecule has 20 heavy (non-hydrogen) atoms. The highest BCUT2D eigenvalue weighted by atomic mass is 32.2. The second-order valence-corrected chi connectivity index (χ2v) is 7.66. The molecule has 0 fully saturated rings. The van der Waals surface area contributed by atoms with Gasteiger partial charge in [-0.05, 0) is 12.0 Å². The maximum absolute atomic E-state index is 10.7. The molecule has 2 rings (SSSR count). The van der Waals surface area contributed by atoms with Crippen molar-refractivity contribution in [2.75, 3.05) is 5.75 Å². The van der Waals surface area contributed by atoms with Gasteiger partial charge in [0, 0.05) is 5.25 Å². The molecule has 1 aromatic heterocycles. The standard InChI is InChI=1S/C13H15N3OS3/c1-2-10(9-6-4-3-5-7-9)19-13-16-15-12(20-13)18-8-11(14)17/h3-7,10H,2,8H2,1H3,(H2,14,17)/t10-/m0/s1. The molecule has 0 spiro atoms. The third kappa shape index (κ3) is 4.50. The molecule has 2 N–H and O–H groups in total. The van der Waals surface area contributed by atoms with Crippen molar-refractivity contribution in [1.29, 1.82) is 0 Å². The Morgan fingerprint density at radius 3 is 2.65 bits per heavy atom. The Morgan fingerprint density at radius 1 is 1.30 bits per heavy atom. The number of carbonyl (C=O) groups excluding carboxylic acids is 1. The smallest absolute Gasteiger partial charge is 0.227 e. The van der Waals surface area contributed by atoms with Crippen LogP contribution in [0.15, 0.2) is 39.0 Å². The van der Waals surface area contributed by atoms with Crippen molar-refractivity contribution in [3.8, 4) is 0 Å². The summed E-state index contributed by atoms with van der Waals surface area (Å²) in [6.07, 6.45) is 1.03. The van der Waals surface area contributed by atoms with Crippen LogP contribution in [-0.2, 0) is 4.79 Å². The Hall–Kier alpha value is -1.05. The lowest BCUT2D eigenvalue weighted by Crippen LogP contribution is -2.12. The molecule has 7 heteroatoms. The van der Waals surface area contributed by atoms with E-state index in [1.54, 1.807) is 11.8 Å². The monoisotopic (exact) mass is 325 g/mol. The fourth-order valence-corrected chi connectivity index (χ4v) is 4.67. The van der Waals surface area contributed by atoms with E-state index in [1.165, 1.54) is 28.7 Å². The minimum atomic E-state index is -0.338. The zero-order chi connectivity index (χ0) is 14.4. The molecule has 2 aromatic rings. The van der Waals surface area contributed by atoms with Gasteiger partial charge >= 0.3 is 0 Å². The van der Waals surface area contributed by atoms with E-state index in [4.69, 9.17) is 5.73 Å². The van der Waals surface area contributed by atoms with Crippen molar-refractivity contribution in [1.82, 2.24) is 10.2 Å². The largest absolute Gasteiger partial charge is 0.369 e. The highest BCUT2D eigenvalue weighted by molar-refractivity contribution is 8.03. The van der Waals surface area contributed by atoms with Gasteiger partial charge in [0.25, 0.3) is 0 Å². The number of thioether (sulfide) groups is 2. The maximum atomic E-state index is 10.7. The van der Waals surface area contributed by atoms with E-state index < -0.39 is 0 Å². The first kappa shape index (κ1) is 15.3. The number of aromatic nitrogens is 2. The number of nitrogens with zero attached hydrogens (tertiary/aromatic N) is 2. The summed E-state index contributed by atoms with van der Waals surface area (Å²) in [4.78, 5) is 10.7. The quantitative estimate of drug-likeness (QED) is 0.791. The minimum Gasteiger partial charge on any atom is -0.369 e. The van der Waals surface area contributed by atoms with Crippen molar-refractivity contribution in [3.05, 3.63) is 35.9 Å². The van der Waals surface area contributed by atoms with Crippen LogP contribution in [0.2, 0.25) is 0 Å². The summed E-state index contributed by atoms with van der Waals surface area (Å²) in [6, 6.07) is 10.4. The van der Waals surface area contributed by atoms with Gasteiger partial charge in [-0.25, -0.2) is 0 Å². The first-order valence-electron chi connectivity index (χ1n) is 6.15. The number of benzene rings is 1. The molecule has 0 unspecified atom stereocenters. The second kappa shape index (κ2) is 7.66. The molecular formula is C13H15N3OS3. The average Bonchev–Trinajstić information content (AvgIpc) is 2.91. The van der Waals surface area contributed by atoms with E-state index in [0.717, 1.165) is 15.1 Å². The summed E-state index contributed by atoms with van der Waals surface area (Å²) in [5.74, 6) is -0.0926. The lowest BCUT2D eigenvalue weighted by atomic mass is 10.1. The molecule has 4 nitrogen and oxygen atoms in total. The number of rotatable bonds is 7. The SMILES string of the molecule is CC[C@H](Sc1nnc(SCC(N)=O)s1)c1ccccc1. The first-order valence-corrected chi connectivity index (χ1v) is 8.83. The number of carbonyl (C=O) groups is 1. The Morgan fingerprint density at radius 2 is 2.00 bits per heavy atom. The summed E-state index contributed by atoms with van der Waals surface area (Å²) in [7, 11) is 0. The van der Waals surface area contributed by atoms with E-state index in [0.29, 0.717) is 5.25 Å². The van der Waals surface area contributed by atoms with Gasteiger partial charge in [0.1, 0.15) is 0 Å². The van der Waals surface area contributed by atoms with Crippen molar-refractivity contribution < 1.29 is 4.79 Å². The molecule has 0 aliphatic heterocycles. The fourth-order valence-electron chi connectivity index (χ4n) is 1.61. The predicted molar refractivity (Wildman–Crippen MR) is 85.2 cm³/mol. The van der Waals surface area contributed by atoms with Crippen LogP contribution in [0.3, 0.4) is 0 Å². The molecule has 0 aliphatic carbocycles. The third-order valence-electron chi connectivity index (χ3n) is 2.51. The second-order valence-electron chi connectivity index (χ2n) is 4.01. The first-order chi connectivity index (χ1) is 9.69. The molecule has 0 saturated heterocycles. The molecule has 1 atom stereocenters. The van der Waals surface area contributed by atoms with Crippen molar-refractivity contribution in [2.45, 2.75) is 27.3 Å². The lowest BCUT2D eigenvalue weighted by molar-refractivity contribution is -0.115. The van der Waals surface area contributed by atoms with Crippen molar-refractivity contribution in [2.24, 2.45) is 5.73 Å². The summed E-state index contributed by atoms with van der Waals surface area (Å²) >= 11 is 4.56. The Bertz CT molecular complexity index is 559. The van der Waals surface area contributed by atoms with E-state index in [2.05, 4.69) is 29.3 Å². The normalized spacial score (nSPS) is 12.2. The lowest BCUT2D eigenvalue weighted by Gasteiger charge is -2.12. The van der Waals surface area contributed by atoms with E-state index in [-0.39, 0.29) is 11.7 Å². The Balaban J connectivity index is 2.00. The Kier molecular flexibility index (Phi) is 5.87. The van der Waals surface area contributed by atoms with E-state index in [9.17, 15) is 4.79 Å². The highest BCUT2D eigenvalue weighted by Crippen LogP contribution is 2.40. The number of hydrogen-bond acceptors (Lipinski definition) is 6. The van der Waals surface area contributed by atoms with Gasteiger partial charge in [-0.2, -0.15) is 0 Å². The van der Waals surface area contributed by atoms with Crippen LogP contribution in [0.1, 0.15) is 24.2 Å². The van der Waals surface area contributed by atoms with Gasteiger partial charge in [-0.1, -0.05) is 72.1 Å². The summed E-state index contributed by atoms with van der Waals surface area (Å²) in [5, 5.41) is 8.61. The molecule has 0 radical (unpaired) electrons. The minimum absolute atomic E-state index is 0.245. The topological polar surface area (TPSA) is 68.9 Å². The van der Waals surface area contributed by atoms with E-state index >= 15 is 0 Å². The number of primary amides is 1. The summed E-state index contributed by atoms with van der Waals surface area (Å²) in [6.45, 7) is 2.16. The molecule has 1 amide bonds. The Labute approximate surface area is 130 Å². The van der Waals surface area contributed by atoms with E-state index in [1.807, 2.05) is 18.2 Å². The van der Waals surface area contributed by atoms with Crippen LogP contribution in [0.4, 0.5) is 0 Å². The average molecular weight is 325 g/mol. The predicted octanol–water partition coefficient (Wildman–Crippen LogP) is 3.36. The van der Waals surface area contributed by atoms with Gasteiger partial charge in [0.2, 0.25) is 5.91 Å². The van der Waals surface area contributed by atoms with Crippen LogP contribution in [-0.4, -0.2) is 21.9 Å². The summed E-state index contributed by atoms with van der Waals surface area (Å²) < 4.78 is 1.71. The van der Waals surface area contributed by atoms with Crippen LogP contribution in [0.25, 0.3) is 0 Å². The molecule has 1 heterocycles.